The van der Waals surface area contributed by atoms with Gasteiger partial charge in [0.1, 0.15) is 0 Å². The Morgan fingerprint density at radius 1 is 1.29 bits per heavy atom. The standard InChI is InChI=1S/C13H23N3O/c1-2-11(14)9-12-15-13(16-17-12)10-7-5-3-4-6-8-10/h10-11H,2-9,14H2,1H3. The summed E-state index contributed by atoms with van der Waals surface area (Å²) in [7, 11) is 0. The van der Waals surface area contributed by atoms with Crippen molar-refractivity contribution in [2.45, 2.75) is 70.3 Å². The van der Waals surface area contributed by atoms with Crippen molar-refractivity contribution in [2.24, 2.45) is 5.73 Å². The summed E-state index contributed by atoms with van der Waals surface area (Å²) < 4.78 is 5.29. The highest BCUT2D eigenvalue weighted by Gasteiger charge is 2.20. The maximum atomic E-state index is 5.89. The Morgan fingerprint density at radius 2 is 2.00 bits per heavy atom. The molecule has 0 spiro atoms. The third kappa shape index (κ3) is 3.53. The Labute approximate surface area is 103 Å². The molecule has 1 heterocycles. The minimum atomic E-state index is 0.137. The molecule has 96 valence electrons. The normalized spacial score (nSPS) is 20.1. The Hall–Kier alpha value is -0.900. The number of nitrogens with zero attached hydrogens (tertiary/aromatic N) is 2. The van der Waals surface area contributed by atoms with Gasteiger partial charge < -0.3 is 10.3 Å². The minimum absolute atomic E-state index is 0.137. The zero-order valence-corrected chi connectivity index (χ0v) is 10.7. The molecule has 1 aromatic heterocycles. The summed E-state index contributed by atoms with van der Waals surface area (Å²) in [6.45, 7) is 2.08. The average Bonchev–Trinajstić information content (AvgIpc) is 2.63. The molecule has 0 bridgehead atoms. The van der Waals surface area contributed by atoms with E-state index in [0.29, 0.717) is 18.2 Å². The molecule has 1 aliphatic rings. The Balaban J connectivity index is 1.96. The van der Waals surface area contributed by atoms with Gasteiger partial charge in [0, 0.05) is 18.4 Å². The second kappa shape index (κ2) is 6.15. The topological polar surface area (TPSA) is 64.9 Å². The van der Waals surface area contributed by atoms with Gasteiger partial charge in [-0.2, -0.15) is 4.98 Å². The number of aromatic nitrogens is 2. The van der Waals surface area contributed by atoms with Gasteiger partial charge in [-0.05, 0) is 19.3 Å². The first-order valence-electron chi connectivity index (χ1n) is 6.87. The summed E-state index contributed by atoms with van der Waals surface area (Å²) >= 11 is 0. The fraction of sp³-hybridized carbons (Fsp3) is 0.846. The van der Waals surface area contributed by atoms with Crippen LogP contribution in [0.2, 0.25) is 0 Å². The van der Waals surface area contributed by atoms with Crippen molar-refractivity contribution in [1.82, 2.24) is 10.1 Å². The van der Waals surface area contributed by atoms with E-state index in [1.807, 2.05) is 0 Å². The third-order valence-electron chi connectivity index (χ3n) is 3.67. The minimum Gasteiger partial charge on any atom is -0.339 e. The van der Waals surface area contributed by atoms with Crippen LogP contribution in [-0.4, -0.2) is 16.2 Å². The molecule has 1 saturated carbocycles. The first-order chi connectivity index (χ1) is 8.29. The molecule has 1 atom stereocenters. The van der Waals surface area contributed by atoms with E-state index >= 15 is 0 Å². The molecule has 2 N–H and O–H groups in total. The first-order valence-corrected chi connectivity index (χ1v) is 6.87. The lowest BCUT2D eigenvalue weighted by Gasteiger charge is -2.07. The zero-order valence-electron chi connectivity index (χ0n) is 10.7. The molecule has 4 heteroatoms. The van der Waals surface area contributed by atoms with E-state index in [9.17, 15) is 0 Å². The lowest BCUT2D eigenvalue weighted by atomic mass is 10.00. The van der Waals surface area contributed by atoms with E-state index in [2.05, 4.69) is 17.1 Å². The van der Waals surface area contributed by atoms with E-state index in [-0.39, 0.29) is 6.04 Å². The predicted octanol–water partition coefficient (Wildman–Crippen LogP) is 2.79. The molecule has 1 aliphatic carbocycles. The molecule has 1 fully saturated rings. The second-order valence-electron chi connectivity index (χ2n) is 5.11. The van der Waals surface area contributed by atoms with Crippen LogP contribution in [0.5, 0.6) is 0 Å². The summed E-state index contributed by atoms with van der Waals surface area (Å²) in [6.07, 6.45) is 9.35. The number of rotatable bonds is 4. The van der Waals surface area contributed by atoms with Crippen LogP contribution in [0.25, 0.3) is 0 Å². The summed E-state index contributed by atoms with van der Waals surface area (Å²) in [6, 6.07) is 0.137. The fourth-order valence-electron chi connectivity index (χ4n) is 2.42. The fourth-order valence-corrected chi connectivity index (χ4v) is 2.42. The van der Waals surface area contributed by atoms with Gasteiger partial charge in [0.2, 0.25) is 5.89 Å². The maximum Gasteiger partial charge on any atom is 0.228 e. The first kappa shape index (κ1) is 12.6. The Morgan fingerprint density at radius 3 is 2.65 bits per heavy atom. The van der Waals surface area contributed by atoms with Crippen LogP contribution >= 0.6 is 0 Å². The molecular weight excluding hydrogens is 214 g/mol. The Bertz CT molecular complexity index is 329. The van der Waals surface area contributed by atoms with E-state index in [0.717, 1.165) is 12.2 Å². The maximum absolute atomic E-state index is 5.89. The molecule has 0 saturated heterocycles. The SMILES string of the molecule is CCC(N)Cc1nc(C2CCCCCC2)no1. The quantitative estimate of drug-likeness (QED) is 0.818. The molecule has 1 unspecified atom stereocenters. The molecule has 1 aromatic rings. The number of hydrogen-bond donors (Lipinski definition) is 1. The van der Waals surface area contributed by atoms with Crippen molar-refractivity contribution in [2.75, 3.05) is 0 Å². The number of hydrogen-bond acceptors (Lipinski definition) is 4. The predicted molar refractivity (Wildman–Crippen MR) is 66.7 cm³/mol. The van der Waals surface area contributed by atoms with Crippen molar-refractivity contribution in [1.29, 1.82) is 0 Å². The zero-order chi connectivity index (χ0) is 12.1. The van der Waals surface area contributed by atoms with Crippen molar-refractivity contribution in [3.05, 3.63) is 11.7 Å². The molecular formula is C13H23N3O. The van der Waals surface area contributed by atoms with Gasteiger partial charge >= 0.3 is 0 Å². The van der Waals surface area contributed by atoms with Crippen molar-refractivity contribution < 1.29 is 4.52 Å². The largest absolute Gasteiger partial charge is 0.339 e. The monoisotopic (exact) mass is 237 g/mol. The van der Waals surface area contributed by atoms with Crippen LogP contribution in [0.3, 0.4) is 0 Å². The smallest absolute Gasteiger partial charge is 0.228 e. The van der Waals surface area contributed by atoms with Crippen LogP contribution in [-0.2, 0) is 6.42 Å². The molecule has 17 heavy (non-hydrogen) atoms. The van der Waals surface area contributed by atoms with Crippen LogP contribution in [0, 0.1) is 0 Å². The number of nitrogens with two attached hydrogens (primary N) is 1. The van der Waals surface area contributed by atoms with Crippen LogP contribution in [0.4, 0.5) is 0 Å². The van der Waals surface area contributed by atoms with Crippen molar-refractivity contribution in [3.8, 4) is 0 Å². The van der Waals surface area contributed by atoms with Gasteiger partial charge in [-0.3, -0.25) is 0 Å². The highest BCUT2D eigenvalue weighted by Crippen LogP contribution is 2.29. The van der Waals surface area contributed by atoms with E-state index < -0.39 is 0 Å². The van der Waals surface area contributed by atoms with Crippen molar-refractivity contribution >= 4 is 0 Å². The van der Waals surface area contributed by atoms with Gasteiger partial charge in [0.25, 0.3) is 0 Å². The van der Waals surface area contributed by atoms with Crippen molar-refractivity contribution in [3.63, 3.8) is 0 Å². The molecule has 0 aromatic carbocycles. The Kier molecular flexibility index (Phi) is 4.54. The van der Waals surface area contributed by atoms with Crippen LogP contribution in [0.15, 0.2) is 4.52 Å². The molecule has 4 nitrogen and oxygen atoms in total. The van der Waals surface area contributed by atoms with E-state index in [1.165, 1.54) is 38.5 Å². The summed E-state index contributed by atoms with van der Waals surface area (Å²) in [5.41, 5.74) is 5.89. The third-order valence-corrected chi connectivity index (χ3v) is 3.67. The van der Waals surface area contributed by atoms with Gasteiger partial charge in [0.15, 0.2) is 5.82 Å². The highest BCUT2D eigenvalue weighted by atomic mass is 16.5. The van der Waals surface area contributed by atoms with Crippen LogP contribution in [0.1, 0.15) is 69.5 Å². The van der Waals surface area contributed by atoms with Gasteiger partial charge in [-0.25, -0.2) is 0 Å². The lowest BCUT2D eigenvalue weighted by molar-refractivity contribution is 0.358. The van der Waals surface area contributed by atoms with E-state index in [4.69, 9.17) is 10.3 Å². The van der Waals surface area contributed by atoms with Gasteiger partial charge in [0.05, 0.1) is 0 Å². The summed E-state index contributed by atoms with van der Waals surface area (Å²) in [5.74, 6) is 2.12. The molecule has 2 rings (SSSR count). The molecule has 0 amide bonds. The van der Waals surface area contributed by atoms with Gasteiger partial charge in [-0.15, -0.1) is 0 Å². The lowest BCUT2D eigenvalue weighted by Crippen LogP contribution is -2.21. The molecule has 0 radical (unpaired) electrons. The molecule has 0 aliphatic heterocycles. The van der Waals surface area contributed by atoms with Crippen LogP contribution < -0.4 is 5.73 Å². The van der Waals surface area contributed by atoms with Gasteiger partial charge in [-0.1, -0.05) is 37.8 Å². The summed E-state index contributed by atoms with van der Waals surface area (Å²) in [5, 5.41) is 4.13. The van der Waals surface area contributed by atoms with E-state index in [1.54, 1.807) is 0 Å². The summed E-state index contributed by atoms with van der Waals surface area (Å²) in [4.78, 5) is 4.51. The second-order valence-corrected chi connectivity index (χ2v) is 5.11. The highest BCUT2D eigenvalue weighted by molar-refractivity contribution is 4.97. The average molecular weight is 237 g/mol.